The second kappa shape index (κ2) is 6.84. The molecular weight excluding hydrogens is 316 g/mol. The number of rotatable bonds is 2. The molecule has 0 aliphatic carbocycles. The number of hydrogen-bond acceptors (Lipinski definition) is 5. The van der Waals surface area contributed by atoms with Crippen molar-refractivity contribution < 1.29 is 9.32 Å². The third kappa shape index (κ3) is 3.19. The summed E-state index contributed by atoms with van der Waals surface area (Å²) in [6, 6.07) is 1.92. The van der Waals surface area contributed by atoms with E-state index in [4.69, 9.17) is 10.3 Å². The van der Waals surface area contributed by atoms with Crippen molar-refractivity contribution in [1.82, 2.24) is 15.0 Å². The molecule has 0 saturated carbocycles. The van der Waals surface area contributed by atoms with Gasteiger partial charge in [0.05, 0.1) is 16.6 Å². The molecule has 2 aromatic rings. The van der Waals surface area contributed by atoms with Crippen LogP contribution in [0.2, 0.25) is 0 Å². The van der Waals surface area contributed by atoms with Gasteiger partial charge in [-0.2, -0.15) is 0 Å². The van der Waals surface area contributed by atoms with Gasteiger partial charge in [-0.1, -0.05) is 12.1 Å². The molecule has 1 aliphatic rings. The lowest BCUT2D eigenvalue weighted by Crippen LogP contribution is -2.49. The Labute approximate surface area is 141 Å². The van der Waals surface area contributed by atoms with Crippen molar-refractivity contribution in [3.05, 3.63) is 23.0 Å². The third-order valence-electron chi connectivity index (χ3n) is 4.49. The quantitative estimate of drug-likeness (QED) is 0.909. The Kier molecular flexibility index (Phi) is 5.26. The number of aromatic nitrogens is 2. The molecular formula is C16H23ClN4O2. The Morgan fingerprint density at radius 1 is 1.48 bits per heavy atom. The molecule has 1 amide bonds. The van der Waals surface area contributed by atoms with E-state index in [-0.39, 0.29) is 24.4 Å². The van der Waals surface area contributed by atoms with Crippen molar-refractivity contribution in [1.29, 1.82) is 0 Å². The van der Waals surface area contributed by atoms with Gasteiger partial charge in [0.2, 0.25) is 0 Å². The third-order valence-corrected chi connectivity index (χ3v) is 4.49. The maximum absolute atomic E-state index is 13.1. The van der Waals surface area contributed by atoms with Crippen LogP contribution in [0.4, 0.5) is 0 Å². The Hall–Kier alpha value is -1.66. The fourth-order valence-corrected chi connectivity index (χ4v) is 3.28. The summed E-state index contributed by atoms with van der Waals surface area (Å²) in [7, 11) is 0. The van der Waals surface area contributed by atoms with Gasteiger partial charge >= 0.3 is 0 Å². The van der Waals surface area contributed by atoms with Crippen molar-refractivity contribution in [2.24, 2.45) is 11.7 Å². The van der Waals surface area contributed by atoms with E-state index in [1.165, 1.54) is 0 Å². The standard InChI is InChI=1S/C16H22N4O2.ClH/c1-9-4-5-20(12(6-9)8-17)16(21)13-7-10(2)18-15-14(13)11(3)19-22-15;/h7,9,12H,4-6,8,17H2,1-3H3;1H. The van der Waals surface area contributed by atoms with E-state index in [1.807, 2.05) is 24.8 Å². The first-order valence-electron chi connectivity index (χ1n) is 7.76. The van der Waals surface area contributed by atoms with E-state index in [9.17, 15) is 4.79 Å². The van der Waals surface area contributed by atoms with Gasteiger partial charge in [0, 0.05) is 24.8 Å². The summed E-state index contributed by atoms with van der Waals surface area (Å²) in [5.41, 5.74) is 8.38. The van der Waals surface area contributed by atoms with Crippen LogP contribution in [0.3, 0.4) is 0 Å². The topological polar surface area (TPSA) is 85.2 Å². The van der Waals surface area contributed by atoms with Crippen molar-refractivity contribution >= 4 is 29.4 Å². The molecule has 3 heterocycles. The zero-order valence-electron chi connectivity index (χ0n) is 13.7. The summed E-state index contributed by atoms with van der Waals surface area (Å²) in [5, 5.41) is 4.66. The van der Waals surface area contributed by atoms with Crippen LogP contribution in [-0.2, 0) is 0 Å². The Morgan fingerprint density at radius 2 is 2.22 bits per heavy atom. The molecule has 2 aromatic heterocycles. The number of amides is 1. The maximum atomic E-state index is 13.1. The summed E-state index contributed by atoms with van der Waals surface area (Å²) in [4.78, 5) is 19.3. The van der Waals surface area contributed by atoms with E-state index in [0.29, 0.717) is 34.8 Å². The molecule has 2 N–H and O–H groups in total. The van der Waals surface area contributed by atoms with Crippen LogP contribution in [0, 0.1) is 19.8 Å². The number of likely N-dealkylation sites (tertiary alicyclic amines) is 1. The van der Waals surface area contributed by atoms with E-state index in [0.717, 1.165) is 25.1 Å². The second-order valence-corrected chi connectivity index (χ2v) is 6.28. The van der Waals surface area contributed by atoms with Gasteiger partial charge in [0.1, 0.15) is 0 Å². The summed E-state index contributed by atoms with van der Waals surface area (Å²) in [6.45, 7) is 7.13. The van der Waals surface area contributed by atoms with Crippen molar-refractivity contribution in [2.75, 3.05) is 13.1 Å². The smallest absolute Gasteiger partial charge is 0.258 e. The van der Waals surface area contributed by atoms with Gasteiger partial charge in [-0.25, -0.2) is 4.98 Å². The fourth-order valence-electron chi connectivity index (χ4n) is 3.28. The van der Waals surface area contributed by atoms with Crippen molar-refractivity contribution in [3.63, 3.8) is 0 Å². The summed E-state index contributed by atoms with van der Waals surface area (Å²) in [5.74, 6) is 0.610. The largest absolute Gasteiger partial charge is 0.336 e. The molecule has 1 saturated heterocycles. The molecule has 0 aromatic carbocycles. The number of carbonyl (C=O) groups excluding carboxylic acids is 1. The van der Waals surface area contributed by atoms with Gasteiger partial charge in [0.25, 0.3) is 11.6 Å². The number of pyridine rings is 1. The average Bonchev–Trinajstić information content (AvgIpc) is 2.86. The Bertz CT molecular complexity index is 715. The van der Waals surface area contributed by atoms with Crippen molar-refractivity contribution in [3.8, 4) is 0 Å². The molecule has 0 radical (unpaired) electrons. The van der Waals surface area contributed by atoms with Gasteiger partial charge in [0.15, 0.2) is 0 Å². The van der Waals surface area contributed by atoms with E-state index in [2.05, 4.69) is 17.1 Å². The minimum atomic E-state index is 0. The van der Waals surface area contributed by atoms with Gasteiger partial charge in [-0.15, -0.1) is 12.4 Å². The minimum absolute atomic E-state index is 0. The van der Waals surface area contributed by atoms with E-state index >= 15 is 0 Å². The highest BCUT2D eigenvalue weighted by Crippen LogP contribution is 2.27. The highest BCUT2D eigenvalue weighted by Gasteiger charge is 2.31. The maximum Gasteiger partial charge on any atom is 0.258 e. The molecule has 126 valence electrons. The highest BCUT2D eigenvalue weighted by atomic mass is 35.5. The number of fused-ring (bicyclic) bond motifs is 1. The zero-order chi connectivity index (χ0) is 15.9. The lowest BCUT2D eigenvalue weighted by atomic mass is 9.91. The number of nitrogens with zero attached hydrogens (tertiary/aromatic N) is 3. The number of carbonyl (C=O) groups is 1. The lowest BCUT2D eigenvalue weighted by Gasteiger charge is -2.38. The van der Waals surface area contributed by atoms with Crippen LogP contribution >= 0.6 is 12.4 Å². The summed E-state index contributed by atoms with van der Waals surface area (Å²) >= 11 is 0. The molecule has 0 spiro atoms. The molecule has 2 atom stereocenters. The SMILES string of the molecule is Cc1cc(C(=O)N2CCC(C)CC2CN)c2c(C)noc2n1.Cl. The molecule has 0 bridgehead atoms. The summed E-state index contributed by atoms with van der Waals surface area (Å²) < 4.78 is 5.22. The second-order valence-electron chi connectivity index (χ2n) is 6.28. The highest BCUT2D eigenvalue weighted by molar-refractivity contribution is 6.06. The summed E-state index contributed by atoms with van der Waals surface area (Å²) in [6.07, 6.45) is 1.97. The number of aryl methyl sites for hydroxylation is 2. The fraction of sp³-hybridized carbons (Fsp3) is 0.562. The number of halogens is 1. The van der Waals surface area contributed by atoms with Crippen LogP contribution in [0.5, 0.6) is 0 Å². The van der Waals surface area contributed by atoms with Crippen LogP contribution < -0.4 is 5.73 Å². The number of piperidine rings is 1. The van der Waals surface area contributed by atoms with Crippen LogP contribution in [-0.4, -0.2) is 40.1 Å². The van der Waals surface area contributed by atoms with Crippen LogP contribution in [0.1, 0.15) is 41.5 Å². The molecule has 23 heavy (non-hydrogen) atoms. The van der Waals surface area contributed by atoms with E-state index in [1.54, 1.807) is 0 Å². The molecule has 6 nitrogen and oxygen atoms in total. The lowest BCUT2D eigenvalue weighted by molar-refractivity contribution is 0.0575. The zero-order valence-corrected chi connectivity index (χ0v) is 14.5. The van der Waals surface area contributed by atoms with Crippen molar-refractivity contribution in [2.45, 2.75) is 39.7 Å². The number of hydrogen-bond donors (Lipinski definition) is 1. The molecule has 7 heteroatoms. The first kappa shape index (κ1) is 17.7. The first-order valence-corrected chi connectivity index (χ1v) is 7.76. The van der Waals surface area contributed by atoms with Gasteiger partial charge in [-0.05, 0) is 38.7 Å². The van der Waals surface area contributed by atoms with Crippen LogP contribution in [0.15, 0.2) is 10.6 Å². The van der Waals surface area contributed by atoms with E-state index < -0.39 is 0 Å². The van der Waals surface area contributed by atoms with Gasteiger partial charge in [-0.3, -0.25) is 4.79 Å². The number of nitrogens with two attached hydrogens (primary N) is 1. The molecule has 1 fully saturated rings. The van der Waals surface area contributed by atoms with Gasteiger partial charge < -0.3 is 15.2 Å². The Balaban J connectivity index is 0.00000192. The predicted octanol–water partition coefficient (Wildman–Crippen LogP) is 2.46. The predicted molar refractivity (Wildman–Crippen MR) is 90.8 cm³/mol. The Morgan fingerprint density at radius 3 is 2.91 bits per heavy atom. The molecule has 3 rings (SSSR count). The monoisotopic (exact) mass is 338 g/mol. The van der Waals surface area contributed by atoms with Crippen LogP contribution in [0.25, 0.3) is 11.1 Å². The molecule has 1 aliphatic heterocycles. The first-order chi connectivity index (χ1) is 10.5. The normalized spacial score (nSPS) is 21.3. The molecule has 2 unspecified atom stereocenters. The average molecular weight is 339 g/mol. The minimum Gasteiger partial charge on any atom is -0.336 e.